The molecule has 2 rings (SSSR count). The summed E-state index contributed by atoms with van der Waals surface area (Å²) in [5.41, 5.74) is 0.420. The molecule has 0 aromatic heterocycles. The van der Waals surface area contributed by atoms with Gasteiger partial charge < -0.3 is 9.64 Å². The summed E-state index contributed by atoms with van der Waals surface area (Å²) in [4.78, 5) is 2.45. The molecule has 0 spiro atoms. The minimum absolute atomic E-state index is 0.420. The second kappa shape index (κ2) is 3.56. The van der Waals surface area contributed by atoms with E-state index in [1.807, 2.05) is 11.8 Å². The fourth-order valence-electron chi connectivity index (χ4n) is 2.16. The Morgan fingerprint density at radius 1 is 1.50 bits per heavy atom. The molecule has 2 fully saturated rings. The standard InChI is InChI=1S/C9H17NOS/c1-7-11-9(6-12-7)8-4-3-5-10(8)2/h7-9H,3-6H2,1-2H3/t7?,8-,9?/m0/s1. The smallest absolute Gasteiger partial charge is 0.100 e. The Morgan fingerprint density at radius 2 is 2.33 bits per heavy atom. The fourth-order valence-corrected chi connectivity index (χ4v) is 3.15. The zero-order valence-corrected chi connectivity index (χ0v) is 8.64. The highest BCUT2D eigenvalue weighted by atomic mass is 32.2. The maximum Gasteiger partial charge on any atom is 0.100 e. The average Bonchev–Trinajstić information content (AvgIpc) is 2.58. The van der Waals surface area contributed by atoms with Crippen molar-refractivity contribution in [3.05, 3.63) is 0 Å². The predicted molar refractivity (Wildman–Crippen MR) is 52.4 cm³/mol. The third-order valence-electron chi connectivity index (χ3n) is 2.87. The van der Waals surface area contributed by atoms with E-state index in [4.69, 9.17) is 4.74 Å². The SMILES string of the molecule is CC1OC([C@@H]2CCCN2C)CS1. The van der Waals surface area contributed by atoms with E-state index in [1.165, 1.54) is 25.1 Å². The van der Waals surface area contributed by atoms with Crippen LogP contribution in [0.5, 0.6) is 0 Å². The molecule has 12 heavy (non-hydrogen) atoms. The first-order valence-electron chi connectivity index (χ1n) is 4.74. The van der Waals surface area contributed by atoms with Crippen molar-refractivity contribution in [3.8, 4) is 0 Å². The van der Waals surface area contributed by atoms with Gasteiger partial charge in [-0.3, -0.25) is 0 Å². The van der Waals surface area contributed by atoms with E-state index in [0.29, 0.717) is 17.6 Å². The lowest BCUT2D eigenvalue weighted by Crippen LogP contribution is -2.37. The summed E-state index contributed by atoms with van der Waals surface area (Å²) in [5.74, 6) is 1.19. The van der Waals surface area contributed by atoms with Gasteiger partial charge in [-0.15, -0.1) is 11.8 Å². The van der Waals surface area contributed by atoms with Crippen molar-refractivity contribution < 1.29 is 4.74 Å². The summed E-state index contributed by atoms with van der Waals surface area (Å²) in [6.07, 6.45) is 3.17. The van der Waals surface area contributed by atoms with E-state index in [0.717, 1.165) is 0 Å². The number of nitrogens with zero attached hydrogens (tertiary/aromatic N) is 1. The quantitative estimate of drug-likeness (QED) is 0.618. The molecule has 2 aliphatic rings. The van der Waals surface area contributed by atoms with Gasteiger partial charge in [0.25, 0.3) is 0 Å². The first kappa shape index (κ1) is 8.85. The minimum atomic E-state index is 0.420. The number of likely N-dealkylation sites (N-methyl/N-ethyl adjacent to an activating group) is 1. The van der Waals surface area contributed by atoms with Gasteiger partial charge in [0, 0.05) is 11.8 Å². The molecular weight excluding hydrogens is 170 g/mol. The Hall–Kier alpha value is 0.270. The molecule has 0 aromatic rings. The molecule has 0 bridgehead atoms. The maximum atomic E-state index is 5.84. The Kier molecular flexibility index (Phi) is 2.63. The van der Waals surface area contributed by atoms with Crippen molar-refractivity contribution in [2.24, 2.45) is 0 Å². The van der Waals surface area contributed by atoms with Crippen molar-refractivity contribution in [2.75, 3.05) is 19.3 Å². The van der Waals surface area contributed by atoms with E-state index >= 15 is 0 Å². The highest BCUT2D eigenvalue weighted by Gasteiger charge is 2.34. The van der Waals surface area contributed by atoms with E-state index in [-0.39, 0.29) is 0 Å². The number of hydrogen-bond acceptors (Lipinski definition) is 3. The van der Waals surface area contributed by atoms with Gasteiger partial charge in [0.15, 0.2) is 0 Å². The summed E-state index contributed by atoms with van der Waals surface area (Å²) < 4.78 is 5.84. The van der Waals surface area contributed by atoms with E-state index in [9.17, 15) is 0 Å². The second-order valence-electron chi connectivity index (χ2n) is 3.77. The Labute approximate surface area is 78.6 Å². The van der Waals surface area contributed by atoms with Gasteiger partial charge in [0.05, 0.1) is 6.10 Å². The van der Waals surface area contributed by atoms with Crippen LogP contribution in [-0.4, -0.2) is 41.8 Å². The monoisotopic (exact) mass is 187 g/mol. The maximum absolute atomic E-state index is 5.84. The molecule has 0 radical (unpaired) electrons. The lowest BCUT2D eigenvalue weighted by molar-refractivity contribution is 0.0255. The fraction of sp³-hybridized carbons (Fsp3) is 1.00. The zero-order valence-electron chi connectivity index (χ0n) is 7.82. The molecule has 2 aliphatic heterocycles. The van der Waals surface area contributed by atoms with E-state index in [2.05, 4.69) is 18.9 Å². The average molecular weight is 187 g/mol. The lowest BCUT2D eigenvalue weighted by atomic mass is 10.1. The van der Waals surface area contributed by atoms with Crippen LogP contribution in [0.25, 0.3) is 0 Å². The highest BCUT2D eigenvalue weighted by Crippen LogP contribution is 2.31. The summed E-state index contributed by atoms with van der Waals surface area (Å²) >= 11 is 1.95. The molecule has 2 unspecified atom stereocenters. The molecule has 0 N–H and O–H groups in total. The largest absolute Gasteiger partial charge is 0.362 e. The van der Waals surface area contributed by atoms with E-state index in [1.54, 1.807) is 0 Å². The molecular formula is C9H17NOS. The van der Waals surface area contributed by atoms with Gasteiger partial charge in [-0.05, 0) is 33.4 Å². The number of ether oxygens (including phenoxy) is 1. The first-order chi connectivity index (χ1) is 5.77. The Balaban J connectivity index is 1.91. The summed E-state index contributed by atoms with van der Waals surface area (Å²) in [7, 11) is 2.22. The highest BCUT2D eigenvalue weighted by molar-refractivity contribution is 7.99. The van der Waals surface area contributed by atoms with Gasteiger partial charge in [0.1, 0.15) is 5.44 Å². The van der Waals surface area contributed by atoms with Gasteiger partial charge in [-0.2, -0.15) is 0 Å². The number of rotatable bonds is 1. The number of likely N-dealkylation sites (tertiary alicyclic amines) is 1. The lowest BCUT2D eigenvalue weighted by Gasteiger charge is -2.24. The Bertz CT molecular complexity index is 165. The van der Waals surface area contributed by atoms with Crippen LogP contribution in [0.3, 0.4) is 0 Å². The summed E-state index contributed by atoms with van der Waals surface area (Å²) in [6.45, 7) is 3.41. The first-order valence-corrected chi connectivity index (χ1v) is 5.79. The van der Waals surface area contributed by atoms with Crippen LogP contribution in [-0.2, 0) is 4.74 Å². The van der Waals surface area contributed by atoms with Crippen LogP contribution >= 0.6 is 11.8 Å². The Morgan fingerprint density at radius 3 is 2.83 bits per heavy atom. The van der Waals surface area contributed by atoms with Crippen LogP contribution in [0.4, 0.5) is 0 Å². The third kappa shape index (κ3) is 1.63. The van der Waals surface area contributed by atoms with Gasteiger partial charge in [-0.25, -0.2) is 0 Å². The molecule has 2 nitrogen and oxygen atoms in total. The summed E-state index contributed by atoms with van der Waals surface area (Å²) in [6, 6.07) is 0.697. The van der Waals surface area contributed by atoms with Gasteiger partial charge in [0.2, 0.25) is 0 Å². The molecule has 2 saturated heterocycles. The second-order valence-corrected chi connectivity index (χ2v) is 5.10. The molecule has 0 aromatic carbocycles. The topological polar surface area (TPSA) is 12.5 Å². The number of hydrogen-bond donors (Lipinski definition) is 0. The van der Waals surface area contributed by atoms with Gasteiger partial charge in [-0.1, -0.05) is 0 Å². The van der Waals surface area contributed by atoms with Crippen molar-refractivity contribution in [2.45, 2.75) is 37.3 Å². The minimum Gasteiger partial charge on any atom is -0.362 e. The molecule has 70 valence electrons. The van der Waals surface area contributed by atoms with Crippen LogP contribution < -0.4 is 0 Å². The molecule has 0 aliphatic carbocycles. The van der Waals surface area contributed by atoms with E-state index < -0.39 is 0 Å². The molecule has 2 heterocycles. The normalized spacial score (nSPS) is 44.0. The van der Waals surface area contributed by atoms with Crippen molar-refractivity contribution >= 4 is 11.8 Å². The molecule has 3 heteroatoms. The van der Waals surface area contributed by atoms with Gasteiger partial charge >= 0.3 is 0 Å². The van der Waals surface area contributed by atoms with Crippen molar-refractivity contribution in [1.82, 2.24) is 4.90 Å². The van der Waals surface area contributed by atoms with Crippen molar-refractivity contribution in [3.63, 3.8) is 0 Å². The molecule has 0 saturated carbocycles. The third-order valence-corrected chi connectivity index (χ3v) is 3.97. The van der Waals surface area contributed by atoms with Crippen LogP contribution in [0.2, 0.25) is 0 Å². The van der Waals surface area contributed by atoms with Crippen LogP contribution in [0, 0.1) is 0 Å². The zero-order chi connectivity index (χ0) is 8.55. The summed E-state index contributed by atoms with van der Waals surface area (Å²) in [5, 5.41) is 0. The molecule has 0 amide bonds. The van der Waals surface area contributed by atoms with Crippen molar-refractivity contribution in [1.29, 1.82) is 0 Å². The predicted octanol–water partition coefficient (Wildman–Crippen LogP) is 1.56. The van der Waals surface area contributed by atoms with Crippen LogP contribution in [0.1, 0.15) is 19.8 Å². The van der Waals surface area contributed by atoms with Crippen LogP contribution in [0.15, 0.2) is 0 Å². The number of thioether (sulfide) groups is 1. The molecule has 3 atom stereocenters.